The van der Waals surface area contributed by atoms with Crippen molar-refractivity contribution in [3.05, 3.63) is 0 Å². The number of rotatable bonds is 0. The molecule has 1 rings (SSSR count). The van der Waals surface area contributed by atoms with Crippen LogP contribution < -0.4 is 114 Å². The summed E-state index contributed by atoms with van der Waals surface area (Å²) < 4.78 is 4.94. The maximum atomic E-state index is 8.93. The number of hydrogen-bond donors (Lipinski definition) is 1. The van der Waals surface area contributed by atoms with E-state index in [9.17, 15) is 0 Å². The van der Waals surface area contributed by atoms with Crippen molar-refractivity contribution in [2.45, 2.75) is 124 Å². The SMILES string of the molecule is C1CCOC1.CCO.CC[O-].CC[O-].CC[O-].CC[O-].CC[O-].CC[O-].CC[O-].CC[O-].CC[O-].CC[O-].CC[O-].CC[O-].CC[O-].CC[O-].CC[O-].[Cl-].[Cl-].[Cl-].[Mn+3].[Mn].[O-2].[Ti+3].[Ti+3].[Ti+3].[Ti+4]. The molecule has 1 heterocycles. The second-order valence-electron chi connectivity index (χ2n) is 5.97. The molecule has 1 fully saturated rings. The summed E-state index contributed by atoms with van der Waals surface area (Å²) in [7, 11) is 0. The standard InChI is InChI=1S/C4H8O.C2H6O.15C2H5O.3ClH.2Mn.O.4Ti/c1-2-4-5-3-1;16*1-2-3;;;;;;;;;;/h1-4H2;3H,2H2,1H3;15*2H2,1H3;3*1H;;;;;;;/q;;15*-1;;;;;+3;-2;3*+3;+4/p-3. The van der Waals surface area contributed by atoms with E-state index in [4.69, 9.17) is 86.4 Å². The second-order valence-corrected chi connectivity index (χ2v) is 5.97. The Labute approximate surface area is 488 Å². The summed E-state index contributed by atoms with van der Waals surface area (Å²) in [5.74, 6) is 0. The quantitative estimate of drug-likeness (QED) is 0.220. The monoisotopic (exact) mass is 1220 g/mol. The molecule has 0 saturated carbocycles. The van der Waals surface area contributed by atoms with E-state index in [2.05, 4.69) is 0 Å². The van der Waals surface area contributed by atoms with E-state index >= 15 is 0 Å². The Morgan fingerprint density at radius 1 is 0.317 bits per heavy atom. The van der Waals surface area contributed by atoms with Gasteiger partial charge in [-0.2, -0.15) is 0 Å². The van der Waals surface area contributed by atoms with Gasteiger partial charge in [-0.15, -0.1) is 99.1 Å². The molecule has 0 unspecified atom stereocenters. The molecule has 0 spiro atoms. The zero-order chi connectivity index (χ0) is 46.8. The van der Waals surface area contributed by atoms with Crippen LogP contribution in [0.1, 0.15) is 124 Å². The van der Waals surface area contributed by atoms with Gasteiger partial charge in [0.15, 0.2) is 0 Å². The van der Waals surface area contributed by atoms with E-state index in [-0.39, 0.29) is 269 Å². The maximum absolute atomic E-state index is 8.93. The molecule has 1 aliphatic heterocycles. The van der Waals surface area contributed by atoms with E-state index < -0.39 is 0 Å². The Morgan fingerprint density at radius 3 is 0.381 bits per heavy atom. The molecule has 0 amide bonds. The number of aliphatic hydroxyl groups excluding tert-OH is 1. The third kappa shape index (κ3) is 3310. The molecule has 27 heteroatoms. The minimum atomic E-state index is 0. The molecule has 0 bridgehead atoms. The van der Waals surface area contributed by atoms with Crippen LogP contribution in [-0.2, 0) is 131 Å². The zero-order valence-corrected chi connectivity index (χ0v) is 52.3. The molecular weight excluding hydrogens is 1130 g/mol. The minimum Gasteiger partial charge on any atom is -2.00 e. The smallest absolute Gasteiger partial charge is 2.00 e. The molecule has 1 saturated heterocycles. The van der Waals surface area contributed by atoms with Crippen LogP contribution in [0.15, 0.2) is 0 Å². The molecule has 1 N–H and O–H groups in total. The zero-order valence-electron chi connectivity index (χ0n) is 41.4. The molecule has 0 atom stereocenters. The van der Waals surface area contributed by atoms with Crippen LogP contribution in [0.2, 0.25) is 0 Å². The van der Waals surface area contributed by atoms with Crippen LogP contribution in [0.25, 0.3) is 0 Å². The largest absolute Gasteiger partial charge is 4.00 e. The van der Waals surface area contributed by atoms with Gasteiger partial charge in [0.2, 0.25) is 0 Å². The van der Waals surface area contributed by atoms with Gasteiger partial charge in [0.1, 0.15) is 0 Å². The van der Waals surface area contributed by atoms with Crippen LogP contribution in [0, 0.1) is 0 Å². The number of hydrogen-bond acceptors (Lipinski definition) is 17. The summed E-state index contributed by atoms with van der Waals surface area (Å²) in [5.41, 5.74) is 0. The fraction of sp³-hybridized carbons (Fsp3) is 1.00. The predicted molar refractivity (Wildman–Crippen MR) is 192 cm³/mol. The second kappa shape index (κ2) is 445. The average Bonchev–Trinajstić information content (AvgIpc) is 3.64. The van der Waals surface area contributed by atoms with Gasteiger partial charge in [-0.25, -0.2) is 0 Å². The summed E-state index contributed by atoms with van der Waals surface area (Å²) >= 11 is 0. The molecule has 396 valence electrons. The Bertz CT molecular complexity index is 210. The summed E-state index contributed by atoms with van der Waals surface area (Å²) in [6.45, 7) is 27.5. The number of ether oxygens (including phenoxy) is 1. The Hall–Kier alpha value is 4.05. The van der Waals surface area contributed by atoms with Crippen molar-refractivity contribution in [3.8, 4) is 0 Å². The van der Waals surface area contributed by atoms with Crippen molar-refractivity contribution in [1.82, 2.24) is 0 Å². The van der Waals surface area contributed by atoms with Gasteiger partial charge in [-0.1, -0.05) is 104 Å². The van der Waals surface area contributed by atoms with Crippen molar-refractivity contribution < 1.29 is 250 Å². The van der Waals surface area contributed by atoms with Crippen molar-refractivity contribution in [1.29, 1.82) is 0 Å². The summed E-state index contributed by atoms with van der Waals surface area (Å²) in [5, 5.41) is 142. The predicted octanol–water partition coefficient (Wildman–Crippen LogP) is -17.8. The summed E-state index contributed by atoms with van der Waals surface area (Å²) in [6.07, 6.45) is 2.56. The normalized spacial score (nSPS) is 6.48. The molecule has 18 nitrogen and oxygen atoms in total. The molecule has 0 aliphatic carbocycles. The molecule has 4 radical (unpaired) electrons. The van der Waals surface area contributed by atoms with Crippen LogP contribution in [0.5, 0.6) is 0 Å². The summed E-state index contributed by atoms with van der Waals surface area (Å²) in [4.78, 5) is 0. The van der Waals surface area contributed by atoms with Crippen molar-refractivity contribution in [2.75, 3.05) is 119 Å². The molecule has 0 aromatic rings. The third-order valence-electron chi connectivity index (χ3n) is 0.827. The Balaban J connectivity index is -0.00000000955. The van der Waals surface area contributed by atoms with Gasteiger partial charge in [0.05, 0.1) is 0 Å². The van der Waals surface area contributed by atoms with Crippen LogP contribution in [-0.4, -0.2) is 124 Å². The first-order chi connectivity index (χ1) is 25.1. The van der Waals surface area contributed by atoms with Gasteiger partial charge in [0.25, 0.3) is 0 Å². The van der Waals surface area contributed by atoms with Gasteiger partial charge < -0.3 is 129 Å². The topological polar surface area (TPSA) is 404 Å². The fourth-order valence-electron chi connectivity index (χ4n) is 0.510. The van der Waals surface area contributed by atoms with Crippen molar-refractivity contribution in [2.24, 2.45) is 0 Å². The Morgan fingerprint density at radius 2 is 0.365 bits per heavy atom. The molecule has 63 heavy (non-hydrogen) atoms. The first-order valence-corrected chi connectivity index (χ1v) is 18.0. The minimum absolute atomic E-state index is 0. The van der Waals surface area contributed by atoms with Gasteiger partial charge >= 0.3 is 104 Å². The maximum Gasteiger partial charge on any atom is 4.00 e. The molecule has 0 aromatic heterocycles. The van der Waals surface area contributed by atoms with Gasteiger partial charge in [-0.05, 0) is 19.8 Å². The van der Waals surface area contributed by atoms with Gasteiger partial charge in [-0.3, -0.25) is 0 Å². The van der Waals surface area contributed by atoms with E-state index in [1.165, 1.54) is 12.8 Å². The van der Waals surface area contributed by atoms with E-state index in [1.54, 1.807) is 111 Å². The number of halogens is 3. The molecular formula is C36H89Cl3Mn2O18Ti4-4. The van der Waals surface area contributed by atoms with E-state index in [1.807, 2.05) is 0 Å². The third-order valence-corrected chi connectivity index (χ3v) is 0.827. The van der Waals surface area contributed by atoms with Crippen LogP contribution in [0.4, 0.5) is 0 Å². The Kier molecular flexibility index (Phi) is 1230. The van der Waals surface area contributed by atoms with E-state index in [0.717, 1.165) is 13.2 Å². The van der Waals surface area contributed by atoms with Crippen molar-refractivity contribution in [3.63, 3.8) is 0 Å². The first kappa shape index (κ1) is 174. The first-order valence-electron chi connectivity index (χ1n) is 18.0. The van der Waals surface area contributed by atoms with Gasteiger partial charge in [0, 0.05) is 36.9 Å². The van der Waals surface area contributed by atoms with Crippen LogP contribution in [0.3, 0.4) is 0 Å². The van der Waals surface area contributed by atoms with Crippen LogP contribution >= 0.6 is 0 Å². The molecule has 0 aromatic carbocycles. The average molecular weight is 1220 g/mol. The van der Waals surface area contributed by atoms with E-state index in [0.29, 0.717) is 0 Å². The fourth-order valence-corrected chi connectivity index (χ4v) is 0.510. The number of aliphatic hydroxyl groups is 1. The summed E-state index contributed by atoms with van der Waals surface area (Å²) in [6, 6.07) is 0. The van der Waals surface area contributed by atoms with Crippen molar-refractivity contribution >= 4 is 0 Å². The molecule has 1 aliphatic rings.